The molecule has 0 spiro atoms. The van der Waals surface area contributed by atoms with E-state index < -0.39 is 28.5 Å². The Morgan fingerprint density at radius 3 is 2.12 bits per heavy atom. The number of anilines is 1. The van der Waals surface area contributed by atoms with Gasteiger partial charge in [0.1, 0.15) is 18.3 Å². The first-order chi connectivity index (χ1) is 19.6. The molecule has 3 aromatic carbocycles. The van der Waals surface area contributed by atoms with Crippen LogP contribution in [0.2, 0.25) is 0 Å². The third-order valence-electron chi connectivity index (χ3n) is 6.98. The molecule has 41 heavy (non-hydrogen) atoms. The number of carbonyl (C=O) groups is 2. The smallest absolute Gasteiger partial charge is 0.264 e. The molecular weight excluding hydrogens is 538 g/mol. The topological polar surface area (TPSA) is 96.0 Å². The van der Waals surface area contributed by atoms with Crippen LogP contribution in [0.4, 0.5) is 5.69 Å². The minimum absolute atomic E-state index is 0.0571. The maximum absolute atomic E-state index is 14.0. The molecule has 0 aliphatic rings. The van der Waals surface area contributed by atoms with Gasteiger partial charge in [0.15, 0.2) is 0 Å². The zero-order valence-electron chi connectivity index (χ0n) is 24.5. The van der Waals surface area contributed by atoms with Gasteiger partial charge in [0.05, 0.1) is 17.2 Å². The van der Waals surface area contributed by atoms with Gasteiger partial charge in [0, 0.05) is 12.6 Å². The summed E-state index contributed by atoms with van der Waals surface area (Å²) in [5.74, 6) is -0.165. The minimum atomic E-state index is -4.12. The fourth-order valence-electron chi connectivity index (χ4n) is 4.28. The van der Waals surface area contributed by atoms with E-state index in [9.17, 15) is 18.0 Å². The van der Waals surface area contributed by atoms with Crippen molar-refractivity contribution in [3.63, 3.8) is 0 Å². The van der Waals surface area contributed by atoms with Gasteiger partial charge in [0.25, 0.3) is 10.0 Å². The van der Waals surface area contributed by atoms with Crippen LogP contribution < -0.4 is 14.4 Å². The van der Waals surface area contributed by atoms with Gasteiger partial charge in [-0.1, -0.05) is 55.0 Å². The van der Waals surface area contributed by atoms with E-state index in [2.05, 4.69) is 5.32 Å². The van der Waals surface area contributed by atoms with Crippen LogP contribution in [0.3, 0.4) is 0 Å². The lowest BCUT2D eigenvalue weighted by molar-refractivity contribution is -0.139. The predicted octanol–water partition coefficient (Wildman–Crippen LogP) is 4.96. The van der Waals surface area contributed by atoms with Crippen LogP contribution in [-0.2, 0) is 26.0 Å². The average Bonchev–Trinajstić information content (AvgIpc) is 2.97. The van der Waals surface area contributed by atoms with Crippen molar-refractivity contribution in [1.29, 1.82) is 0 Å². The Hall–Kier alpha value is -3.85. The predicted molar refractivity (Wildman–Crippen MR) is 163 cm³/mol. The van der Waals surface area contributed by atoms with Crippen molar-refractivity contribution in [3.8, 4) is 5.75 Å². The Kier molecular flexibility index (Phi) is 11.3. The number of sulfonamides is 1. The van der Waals surface area contributed by atoms with Crippen LogP contribution in [0, 0.1) is 6.92 Å². The number of rotatable bonds is 14. The molecule has 2 amide bonds. The Bertz CT molecular complexity index is 1380. The summed E-state index contributed by atoms with van der Waals surface area (Å²) in [6.07, 6.45) is 1.26. The van der Waals surface area contributed by atoms with E-state index in [1.807, 2.05) is 58.0 Å². The van der Waals surface area contributed by atoms with Crippen molar-refractivity contribution in [2.75, 3.05) is 24.0 Å². The van der Waals surface area contributed by atoms with E-state index in [0.717, 1.165) is 21.9 Å². The fourth-order valence-corrected chi connectivity index (χ4v) is 5.69. The van der Waals surface area contributed by atoms with Crippen molar-refractivity contribution in [3.05, 3.63) is 90.0 Å². The van der Waals surface area contributed by atoms with E-state index in [1.54, 1.807) is 43.3 Å². The van der Waals surface area contributed by atoms with Gasteiger partial charge < -0.3 is 15.0 Å². The van der Waals surface area contributed by atoms with Gasteiger partial charge in [-0.2, -0.15) is 0 Å². The number of nitrogens with one attached hydrogen (secondary N) is 1. The number of hydrogen-bond donors (Lipinski definition) is 1. The van der Waals surface area contributed by atoms with E-state index in [0.29, 0.717) is 24.5 Å². The van der Waals surface area contributed by atoms with Crippen LogP contribution >= 0.6 is 0 Å². The lowest BCUT2D eigenvalue weighted by Gasteiger charge is -2.32. The minimum Gasteiger partial charge on any atom is -0.494 e. The Balaban J connectivity index is 1.98. The maximum Gasteiger partial charge on any atom is 0.264 e. The standard InChI is InChI=1S/C32H41N3O5S/c1-6-25(4)33-32(37)26(5)34(22-21-27-11-9-8-10-12-27)31(36)23-35(28-15-17-29(18-16-28)40-7-2)41(38,39)30-19-13-24(3)14-20-30/h8-20,25-26H,6-7,21-23H2,1-5H3,(H,33,37)/t25-,26+/m1/s1. The summed E-state index contributed by atoms with van der Waals surface area (Å²) in [5, 5.41) is 2.95. The third kappa shape index (κ3) is 8.57. The van der Waals surface area contributed by atoms with Crippen molar-refractivity contribution >= 4 is 27.5 Å². The Morgan fingerprint density at radius 1 is 0.902 bits per heavy atom. The first-order valence-electron chi connectivity index (χ1n) is 14.0. The second-order valence-corrected chi connectivity index (χ2v) is 11.9. The number of hydrogen-bond acceptors (Lipinski definition) is 5. The molecule has 0 bridgehead atoms. The quantitative estimate of drug-likeness (QED) is 0.291. The second-order valence-electron chi connectivity index (χ2n) is 10.1. The molecule has 9 heteroatoms. The normalized spacial score (nSPS) is 12.7. The molecule has 1 N–H and O–H groups in total. The van der Waals surface area contributed by atoms with Crippen molar-refractivity contribution in [2.45, 2.75) is 64.4 Å². The molecule has 0 aliphatic heterocycles. The molecule has 0 fully saturated rings. The Morgan fingerprint density at radius 2 is 1.54 bits per heavy atom. The largest absolute Gasteiger partial charge is 0.494 e. The van der Waals surface area contributed by atoms with Crippen LogP contribution in [0.25, 0.3) is 0 Å². The number of nitrogens with zero attached hydrogens (tertiary/aromatic N) is 2. The van der Waals surface area contributed by atoms with Gasteiger partial charge in [-0.15, -0.1) is 0 Å². The number of aryl methyl sites for hydroxylation is 1. The highest BCUT2D eigenvalue weighted by molar-refractivity contribution is 7.92. The van der Waals surface area contributed by atoms with Crippen LogP contribution in [0.1, 0.15) is 45.2 Å². The highest BCUT2D eigenvalue weighted by Gasteiger charge is 2.32. The number of amides is 2. The molecule has 8 nitrogen and oxygen atoms in total. The lowest BCUT2D eigenvalue weighted by Crippen LogP contribution is -2.53. The summed E-state index contributed by atoms with van der Waals surface area (Å²) in [4.78, 5) is 28.6. The van der Waals surface area contributed by atoms with Crippen molar-refractivity contribution in [1.82, 2.24) is 10.2 Å². The highest BCUT2D eigenvalue weighted by atomic mass is 32.2. The highest BCUT2D eigenvalue weighted by Crippen LogP contribution is 2.26. The van der Waals surface area contributed by atoms with Gasteiger partial charge in [-0.05, 0) is 82.5 Å². The molecule has 0 saturated heterocycles. The molecule has 0 heterocycles. The summed E-state index contributed by atoms with van der Waals surface area (Å²) < 4.78 is 34.5. The summed E-state index contributed by atoms with van der Waals surface area (Å²) in [6.45, 7) is 9.54. The van der Waals surface area contributed by atoms with Gasteiger partial charge >= 0.3 is 0 Å². The van der Waals surface area contributed by atoms with Crippen molar-refractivity contribution < 1.29 is 22.7 Å². The van der Waals surface area contributed by atoms with E-state index >= 15 is 0 Å². The lowest BCUT2D eigenvalue weighted by atomic mass is 10.1. The summed E-state index contributed by atoms with van der Waals surface area (Å²) in [5.41, 5.74) is 2.25. The maximum atomic E-state index is 14.0. The summed E-state index contributed by atoms with van der Waals surface area (Å²) in [7, 11) is -4.12. The number of ether oxygens (including phenoxy) is 1. The molecule has 0 aromatic heterocycles. The van der Waals surface area contributed by atoms with Gasteiger partial charge in [-0.3, -0.25) is 13.9 Å². The number of carbonyl (C=O) groups excluding carboxylic acids is 2. The van der Waals surface area contributed by atoms with Gasteiger partial charge in [0.2, 0.25) is 11.8 Å². The monoisotopic (exact) mass is 579 g/mol. The first kappa shape index (κ1) is 31.7. The van der Waals surface area contributed by atoms with E-state index in [-0.39, 0.29) is 23.4 Å². The van der Waals surface area contributed by atoms with E-state index in [1.165, 1.54) is 17.0 Å². The molecular formula is C32H41N3O5S. The van der Waals surface area contributed by atoms with E-state index in [4.69, 9.17) is 4.74 Å². The molecule has 0 saturated carbocycles. The van der Waals surface area contributed by atoms with Crippen molar-refractivity contribution in [2.24, 2.45) is 0 Å². The summed E-state index contributed by atoms with van der Waals surface area (Å²) in [6, 6.07) is 21.9. The molecule has 220 valence electrons. The van der Waals surface area contributed by atoms with Crippen LogP contribution in [0.15, 0.2) is 83.8 Å². The molecule has 0 radical (unpaired) electrons. The SMILES string of the molecule is CCOc1ccc(N(CC(=O)N(CCc2ccccc2)[C@@H](C)C(=O)N[C@H](C)CC)S(=O)(=O)c2ccc(C)cc2)cc1. The Labute approximate surface area is 244 Å². The first-order valence-corrected chi connectivity index (χ1v) is 15.5. The molecule has 0 unspecified atom stereocenters. The summed E-state index contributed by atoms with van der Waals surface area (Å²) >= 11 is 0. The second kappa shape index (κ2) is 14.7. The number of benzene rings is 3. The average molecular weight is 580 g/mol. The molecule has 3 aromatic rings. The van der Waals surface area contributed by atoms with Crippen LogP contribution in [-0.4, -0.2) is 56.9 Å². The molecule has 3 rings (SSSR count). The molecule has 2 atom stereocenters. The zero-order valence-corrected chi connectivity index (χ0v) is 25.4. The zero-order chi connectivity index (χ0) is 30.0. The molecule has 0 aliphatic carbocycles. The van der Waals surface area contributed by atoms with Gasteiger partial charge in [-0.25, -0.2) is 8.42 Å². The fraction of sp³-hybridized carbons (Fsp3) is 0.375. The third-order valence-corrected chi connectivity index (χ3v) is 8.76. The van der Waals surface area contributed by atoms with Crippen LogP contribution in [0.5, 0.6) is 5.75 Å².